The van der Waals surface area contributed by atoms with Crippen molar-refractivity contribution >= 4 is 19.7 Å². The van der Waals surface area contributed by atoms with Crippen molar-refractivity contribution in [2.75, 3.05) is 0 Å². The second-order valence-corrected chi connectivity index (χ2v) is 12.3. The molecular weight excluding hydrogens is 318 g/mol. The summed E-state index contributed by atoms with van der Waals surface area (Å²) in [5.41, 5.74) is 2.61. The number of thiazole rings is 1. The van der Waals surface area contributed by atoms with Gasteiger partial charge in [-0.25, -0.2) is 0 Å². The van der Waals surface area contributed by atoms with Crippen LogP contribution in [0.2, 0.25) is 18.1 Å². The van der Waals surface area contributed by atoms with Crippen molar-refractivity contribution in [3.8, 4) is 0 Å². The molecule has 0 amide bonds. The maximum absolute atomic E-state index is 6.94. The van der Waals surface area contributed by atoms with Crippen LogP contribution in [0, 0.1) is 13.8 Å². The molecule has 1 atom stereocenters. The molecule has 0 bridgehead atoms. The van der Waals surface area contributed by atoms with Gasteiger partial charge in [0.15, 0.2) is 20.1 Å². The number of aromatic nitrogens is 1. The van der Waals surface area contributed by atoms with E-state index in [0.717, 1.165) is 0 Å². The van der Waals surface area contributed by atoms with E-state index in [-0.39, 0.29) is 6.10 Å². The van der Waals surface area contributed by atoms with Crippen LogP contribution in [0.15, 0.2) is 30.3 Å². The lowest BCUT2D eigenvalue weighted by Gasteiger charge is -2.31. The van der Waals surface area contributed by atoms with Crippen molar-refractivity contribution in [2.45, 2.75) is 58.9 Å². The first kappa shape index (κ1) is 18.4. The first-order chi connectivity index (χ1) is 11.0. The van der Waals surface area contributed by atoms with Gasteiger partial charge < -0.3 is 4.43 Å². The molecule has 1 aromatic heterocycles. The molecule has 0 saturated carbocycles. The second kappa shape index (κ2) is 7.73. The van der Waals surface area contributed by atoms with Crippen molar-refractivity contribution in [2.24, 2.45) is 7.05 Å². The van der Waals surface area contributed by atoms with Gasteiger partial charge in [-0.1, -0.05) is 62.4 Å². The molecule has 0 spiro atoms. The lowest BCUT2D eigenvalue weighted by atomic mass is 10.1. The molecule has 2 nitrogen and oxygen atoms in total. The Morgan fingerprint density at radius 1 is 1.04 bits per heavy atom. The molecule has 0 fully saturated rings. The van der Waals surface area contributed by atoms with Gasteiger partial charge in [-0.05, 0) is 30.6 Å². The van der Waals surface area contributed by atoms with Crippen LogP contribution in [0.25, 0.3) is 0 Å². The van der Waals surface area contributed by atoms with Gasteiger partial charge in [0.1, 0.15) is 7.05 Å². The highest BCUT2D eigenvalue weighted by atomic mass is 32.1. The zero-order valence-electron chi connectivity index (χ0n) is 15.3. The van der Waals surface area contributed by atoms with E-state index in [4.69, 9.17) is 4.43 Å². The molecule has 23 heavy (non-hydrogen) atoms. The van der Waals surface area contributed by atoms with E-state index in [0.29, 0.717) is 0 Å². The summed E-state index contributed by atoms with van der Waals surface area (Å²) in [6.07, 6.45) is 0.0603. The zero-order chi connectivity index (χ0) is 17.0. The molecule has 4 heteroatoms. The molecule has 1 unspecified atom stereocenters. The Morgan fingerprint density at radius 3 is 2.04 bits per heavy atom. The highest BCUT2D eigenvalue weighted by Gasteiger charge is 2.37. The topological polar surface area (TPSA) is 13.1 Å². The number of aryl methyl sites for hydroxylation is 1. The summed E-state index contributed by atoms with van der Waals surface area (Å²) in [7, 11) is 0.483. The summed E-state index contributed by atoms with van der Waals surface area (Å²) < 4.78 is 9.25. The van der Waals surface area contributed by atoms with E-state index >= 15 is 0 Å². The first-order valence-electron chi connectivity index (χ1n) is 8.66. The monoisotopic (exact) mass is 348 g/mol. The van der Waals surface area contributed by atoms with Crippen LogP contribution in [0.4, 0.5) is 0 Å². The van der Waals surface area contributed by atoms with Crippen LogP contribution in [0.3, 0.4) is 0 Å². The third-order valence-corrected chi connectivity index (χ3v) is 11.1. The zero-order valence-corrected chi connectivity index (χ0v) is 17.2. The van der Waals surface area contributed by atoms with Crippen LogP contribution in [-0.4, -0.2) is 8.32 Å². The Labute approximate surface area is 146 Å². The molecule has 0 saturated heterocycles. The smallest absolute Gasteiger partial charge is 0.270 e. The SMILES string of the molecule is CC[Si](CC)(CC)OC(c1ccccc1)c1sc(C)c(C)[n+]1C. The quantitative estimate of drug-likeness (QED) is 0.489. The third kappa shape index (κ3) is 3.75. The Hall–Kier alpha value is -0.973. The van der Waals surface area contributed by atoms with Crippen LogP contribution in [-0.2, 0) is 11.5 Å². The molecule has 126 valence electrons. The second-order valence-electron chi connectivity index (χ2n) is 6.29. The molecular formula is C19H30NOSSi+. The van der Waals surface area contributed by atoms with E-state index in [2.05, 4.69) is 76.6 Å². The number of hydrogen-bond donors (Lipinski definition) is 0. The number of rotatable bonds is 7. The van der Waals surface area contributed by atoms with Crippen molar-refractivity contribution in [3.63, 3.8) is 0 Å². The molecule has 0 aliphatic heterocycles. The Morgan fingerprint density at radius 2 is 1.61 bits per heavy atom. The van der Waals surface area contributed by atoms with E-state index in [1.54, 1.807) is 0 Å². The fourth-order valence-corrected chi connectivity index (χ4v) is 7.07. The van der Waals surface area contributed by atoms with Crippen molar-refractivity contribution in [1.29, 1.82) is 0 Å². The van der Waals surface area contributed by atoms with Gasteiger partial charge in [-0.3, -0.25) is 0 Å². The maximum Gasteiger partial charge on any atom is 0.270 e. The summed E-state index contributed by atoms with van der Waals surface area (Å²) in [6, 6.07) is 14.3. The van der Waals surface area contributed by atoms with Gasteiger partial charge in [-0.2, -0.15) is 4.57 Å². The predicted molar refractivity (Wildman–Crippen MR) is 102 cm³/mol. The van der Waals surface area contributed by atoms with E-state index in [1.807, 2.05) is 11.3 Å². The molecule has 0 radical (unpaired) electrons. The first-order valence-corrected chi connectivity index (χ1v) is 12.0. The van der Waals surface area contributed by atoms with Gasteiger partial charge in [0.2, 0.25) is 0 Å². The molecule has 0 aliphatic rings. The Balaban J connectivity index is 2.51. The fourth-order valence-electron chi connectivity index (χ4n) is 3.07. The van der Waals surface area contributed by atoms with Crippen LogP contribution < -0.4 is 4.57 Å². The van der Waals surface area contributed by atoms with Crippen molar-refractivity contribution in [3.05, 3.63) is 51.5 Å². The summed E-state index contributed by atoms with van der Waals surface area (Å²) in [4.78, 5) is 1.38. The molecule has 0 N–H and O–H groups in total. The van der Waals surface area contributed by atoms with Gasteiger partial charge in [0, 0.05) is 6.92 Å². The summed E-state index contributed by atoms with van der Waals surface area (Å²) in [5, 5.41) is 1.32. The minimum Gasteiger partial charge on any atom is -0.400 e. The van der Waals surface area contributed by atoms with Gasteiger partial charge in [0.05, 0.1) is 4.88 Å². The number of nitrogens with zero attached hydrogens (tertiary/aromatic N) is 1. The van der Waals surface area contributed by atoms with Crippen LogP contribution in [0.1, 0.15) is 48.0 Å². The van der Waals surface area contributed by atoms with E-state index in [9.17, 15) is 0 Å². The standard InChI is InChI=1S/C19H30NOSSi/c1-7-23(8-2,9-3)21-18(17-13-11-10-12-14-17)19-20(6)15(4)16(5)22-19/h10-14,18H,7-9H2,1-6H3/q+1. The minimum atomic E-state index is -1.68. The number of benzene rings is 1. The van der Waals surface area contributed by atoms with Crippen LogP contribution in [0.5, 0.6) is 0 Å². The van der Waals surface area contributed by atoms with E-state index < -0.39 is 8.32 Å². The fraction of sp³-hybridized carbons (Fsp3) is 0.526. The molecule has 1 aromatic carbocycles. The van der Waals surface area contributed by atoms with Gasteiger partial charge in [0.25, 0.3) is 5.01 Å². The molecule has 2 aromatic rings. The van der Waals surface area contributed by atoms with Crippen molar-refractivity contribution < 1.29 is 8.99 Å². The van der Waals surface area contributed by atoms with E-state index in [1.165, 1.54) is 39.3 Å². The highest BCUT2D eigenvalue weighted by Crippen LogP contribution is 2.35. The van der Waals surface area contributed by atoms with Crippen LogP contribution >= 0.6 is 11.3 Å². The Kier molecular flexibility index (Phi) is 6.17. The third-order valence-electron chi connectivity index (χ3n) is 5.23. The average molecular weight is 349 g/mol. The largest absolute Gasteiger partial charge is 0.400 e. The summed E-state index contributed by atoms with van der Waals surface area (Å²) in [5.74, 6) is 0. The van der Waals surface area contributed by atoms with Crippen molar-refractivity contribution in [1.82, 2.24) is 0 Å². The summed E-state index contributed by atoms with van der Waals surface area (Å²) >= 11 is 1.88. The van der Waals surface area contributed by atoms with Gasteiger partial charge in [-0.15, -0.1) is 0 Å². The minimum absolute atomic E-state index is 0.0603. The average Bonchev–Trinajstić information content (AvgIpc) is 2.85. The normalized spacial score (nSPS) is 13.3. The molecule has 0 aliphatic carbocycles. The highest BCUT2D eigenvalue weighted by molar-refractivity contribution is 7.11. The predicted octanol–water partition coefficient (Wildman–Crippen LogP) is 5.30. The molecule has 1 heterocycles. The maximum atomic E-state index is 6.94. The summed E-state index contributed by atoms with van der Waals surface area (Å²) in [6.45, 7) is 11.3. The molecule has 2 rings (SSSR count). The lowest BCUT2D eigenvalue weighted by Crippen LogP contribution is -2.42. The van der Waals surface area contributed by atoms with Gasteiger partial charge >= 0.3 is 0 Å². The Bertz CT molecular complexity index is 626. The number of hydrogen-bond acceptors (Lipinski definition) is 2. The lowest BCUT2D eigenvalue weighted by molar-refractivity contribution is -0.682.